The zero-order valence-corrected chi connectivity index (χ0v) is 14.8. The topological polar surface area (TPSA) is 61.4 Å². The molecule has 4 heterocycles. The second kappa shape index (κ2) is 6.64. The molecule has 1 amide bonds. The second-order valence-corrected chi connectivity index (χ2v) is 7.66. The van der Waals surface area contributed by atoms with Gasteiger partial charge in [-0.3, -0.25) is 4.79 Å². The van der Waals surface area contributed by atoms with Crippen molar-refractivity contribution < 1.29 is 4.79 Å². The molecule has 1 N–H and O–H groups in total. The molecular formula is C17H23N5OS. The molecule has 2 saturated heterocycles. The van der Waals surface area contributed by atoms with Gasteiger partial charge in [0.1, 0.15) is 17.0 Å². The average Bonchev–Trinajstić information content (AvgIpc) is 3.10. The van der Waals surface area contributed by atoms with Gasteiger partial charge in [0.15, 0.2) is 0 Å². The lowest BCUT2D eigenvalue weighted by atomic mass is 9.95. The number of carbonyl (C=O) groups is 1. The summed E-state index contributed by atoms with van der Waals surface area (Å²) in [7, 11) is 0. The predicted octanol–water partition coefficient (Wildman–Crippen LogP) is 1.73. The van der Waals surface area contributed by atoms with E-state index < -0.39 is 0 Å². The molecule has 128 valence electrons. The maximum absolute atomic E-state index is 12.9. The fraction of sp³-hybridized carbons (Fsp3) is 0.588. The molecule has 4 rings (SSSR count). The van der Waals surface area contributed by atoms with Crippen LogP contribution in [0.2, 0.25) is 0 Å². The number of carbonyl (C=O) groups excluding carboxylic acids is 1. The highest BCUT2D eigenvalue weighted by molar-refractivity contribution is 7.16. The Hall–Kier alpha value is -1.73. The summed E-state index contributed by atoms with van der Waals surface area (Å²) in [6.45, 7) is 6.40. The Balaban J connectivity index is 1.51. The average molecular weight is 345 g/mol. The molecule has 2 aliphatic rings. The van der Waals surface area contributed by atoms with Crippen LogP contribution in [-0.2, 0) is 4.79 Å². The molecular weight excluding hydrogens is 322 g/mol. The van der Waals surface area contributed by atoms with Crippen molar-refractivity contribution in [1.29, 1.82) is 0 Å². The van der Waals surface area contributed by atoms with Crippen molar-refractivity contribution >= 4 is 33.3 Å². The molecule has 2 aromatic heterocycles. The number of thiophene rings is 1. The van der Waals surface area contributed by atoms with Gasteiger partial charge in [-0.05, 0) is 31.2 Å². The Bertz CT molecular complexity index is 733. The Kier molecular flexibility index (Phi) is 4.37. The Morgan fingerprint density at radius 1 is 1.33 bits per heavy atom. The molecule has 0 saturated carbocycles. The maximum Gasteiger partial charge on any atom is 0.227 e. The number of anilines is 1. The number of piperidine rings is 1. The molecule has 2 fully saturated rings. The lowest BCUT2D eigenvalue weighted by Gasteiger charge is -2.38. The summed E-state index contributed by atoms with van der Waals surface area (Å²) in [5.74, 6) is 1.36. The van der Waals surface area contributed by atoms with E-state index in [0.717, 1.165) is 61.6 Å². The number of hydrogen-bond acceptors (Lipinski definition) is 6. The third-order valence-corrected chi connectivity index (χ3v) is 5.81. The summed E-state index contributed by atoms with van der Waals surface area (Å²) in [5, 5.41) is 6.56. The van der Waals surface area contributed by atoms with E-state index in [0.29, 0.717) is 11.9 Å². The van der Waals surface area contributed by atoms with Crippen LogP contribution in [0.25, 0.3) is 10.2 Å². The van der Waals surface area contributed by atoms with E-state index in [9.17, 15) is 4.79 Å². The molecule has 0 bridgehead atoms. The number of nitrogens with one attached hydrogen (secondary N) is 1. The van der Waals surface area contributed by atoms with Gasteiger partial charge in [0, 0.05) is 38.8 Å². The first-order chi connectivity index (χ1) is 11.7. The van der Waals surface area contributed by atoms with Crippen LogP contribution in [0.3, 0.4) is 0 Å². The number of hydrogen-bond donors (Lipinski definition) is 1. The lowest BCUT2D eigenvalue weighted by molar-refractivity contribution is -0.136. The van der Waals surface area contributed by atoms with Gasteiger partial charge in [0.25, 0.3) is 0 Å². The molecule has 0 aliphatic carbocycles. The number of piperazine rings is 1. The molecule has 2 aromatic rings. The van der Waals surface area contributed by atoms with Gasteiger partial charge in [-0.1, -0.05) is 0 Å². The number of nitrogens with zero attached hydrogens (tertiary/aromatic N) is 4. The van der Waals surface area contributed by atoms with Crippen molar-refractivity contribution in [3.63, 3.8) is 0 Å². The third-order valence-electron chi connectivity index (χ3n) is 4.99. The van der Waals surface area contributed by atoms with Crippen LogP contribution in [-0.4, -0.2) is 59.5 Å². The molecule has 7 heteroatoms. The van der Waals surface area contributed by atoms with Crippen LogP contribution in [0.5, 0.6) is 0 Å². The molecule has 6 nitrogen and oxygen atoms in total. The zero-order chi connectivity index (χ0) is 16.5. The largest absolute Gasteiger partial charge is 0.355 e. The smallest absolute Gasteiger partial charge is 0.227 e. The van der Waals surface area contributed by atoms with Crippen molar-refractivity contribution in [3.05, 3.63) is 17.8 Å². The molecule has 0 spiro atoms. The molecule has 0 radical (unpaired) electrons. The van der Waals surface area contributed by atoms with Crippen molar-refractivity contribution in [1.82, 2.24) is 20.2 Å². The summed E-state index contributed by atoms with van der Waals surface area (Å²) >= 11 is 1.64. The van der Waals surface area contributed by atoms with Crippen LogP contribution < -0.4 is 10.2 Å². The highest BCUT2D eigenvalue weighted by atomic mass is 32.1. The summed E-state index contributed by atoms with van der Waals surface area (Å²) in [4.78, 5) is 27.1. The number of aromatic nitrogens is 2. The van der Waals surface area contributed by atoms with E-state index in [1.54, 1.807) is 17.7 Å². The second-order valence-electron chi connectivity index (χ2n) is 6.76. The minimum Gasteiger partial charge on any atom is -0.355 e. The van der Waals surface area contributed by atoms with Crippen molar-refractivity contribution in [2.75, 3.05) is 37.6 Å². The lowest BCUT2D eigenvalue weighted by Crippen LogP contribution is -2.54. The van der Waals surface area contributed by atoms with Gasteiger partial charge in [-0.25, -0.2) is 9.97 Å². The fourth-order valence-corrected chi connectivity index (χ4v) is 4.52. The number of rotatable bonds is 2. The van der Waals surface area contributed by atoms with Gasteiger partial charge < -0.3 is 15.1 Å². The summed E-state index contributed by atoms with van der Waals surface area (Å²) < 4.78 is 0. The number of amides is 1. The van der Waals surface area contributed by atoms with E-state index in [2.05, 4.69) is 38.6 Å². The Morgan fingerprint density at radius 3 is 3.12 bits per heavy atom. The van der Waals surface area contributed by atoms with Gasteiger partial charge in [-0.15, -0.1) is 11.3 Å². The van der Waals surface area contributed by atoms with Crippen molar-refractivity contribution in [3.8, 4) is 0 Å². The molecule has 2 atom stereocenters. The number of fused-ring (bicyclic) bond motifs is 1. The Labute approximate surface area is 145 Å². The zero-order valence-electron chi connectivity index (χ0n) is 13.9. The normalized spacial score (nSPS) is 25.2. The first-order valence-corrected chi connectivity index (χ1v) is 9.55. The monoisotopic (exact) mass is 345 g/mol. The standard InChI is InChI=1S/C17H23N5OS/c1-12-9-22(7-5-18-12)17(23)13-3-2-6-21(10-13)15-14-4-8-24-16(14)20-11-19-15/h4,8,11-13,18H,2-3,5-7,9-10H2,1H3. The minimum absolute atomic E-state index is 0.0766. The SMILES string of the molecule is CC1CN(C(=O)C2CCCN(c3ncnc4sccc34)C2)CCN1. The van der Waals surface area contributed by atoms with Crippen LogP contribution in [0, 0.1) is 5.92 Å². The van der Waals surface area contributed by atoms with E-state index in [4.69, 9.17) is 0 Å². The summed E-state index contributed by atoms with van der Waals surface area (Å²) in [5.41, 5.74) is 0. The van der Waals surface area contributed by atoms with Crippen LogP contribution in [0.4, 0.5) is 5.82 Å². The van der Waals surface area contributed by atoms with Gasteiger partial charge in [0.2, 0.25) is 5.91 Å². The molecule has 24 heavy (non-hydrogen) atoms. The van der Waals surface area contributed by atoms with Crippen molar-refractivity contribution in [2.24, 2.45) is 5.92 Å². The van der Waals surface area contributed by atoms with Crippen LogP contribution in [0.1, 0.15) is 19.8 Å². The first kappa shape index (κ1) is 15.8. The van der Waals surface area contributed by atoms with Gasteiger partial charge in [0.05, 0.1) is 11.3 Å². The van der Waals surface area contributed by atoms with Crippen molar-refractivity contribution in [2.45, 2.75) is 25.8 Å². The van der Waals surface area contributed by atoms with Gasteiger partial charge >= 0.3 is 0 Å². The maximum atomic E-state index is 12.9. The molecule has 2 unspecified atom stereocenters. The summed E-state index contributed by atoms with van der Waals surface area (Å²) in [6.07, 6.45) is 3.65. The van der Waals surface area contributed by atoms with Gasteiger partial charge in [-0.2, -0.15) is 0 Å². The summed E-state index contributed by atoms with van der Waals surface area (Å²) in [6, 6.07) is 2.47. The third kappa shape index (κ3) is 2.98. The molecule has 2 aliphatic heterocycles. The van der Waals surface area contributed by atoms with E-state index >= 15 is 0 Å². The van der Waals surface area contributed by atoms with E-state index in [-0.39, 0.29) is 5.92 Å². The van der Waals surface area contributed by atoms with Crippen LogP contribution in [0.15, 0.2) is 17.8 Å². The van der Waals surface area contributed by atoms with Crippen LogP contribution >= 0.6 is 11.3 Å². The molecule has 0 aromatic carbocycles. The Morgan fingerprint density at radius 2 is 2.25 bits per heavy atom. The first-order valence-electron chi connectivity index (χ1n) is 8.67. The quantitative estimate of drug-likeness (QED) is 0.898. The highest BCUT2D eigenvalue weighted by Crippen LogP contribution is 2.30. The van der Waals surface area contributed by atoms with E-state index in [1.165, 1.54) is 0 Å². The van der Waals surface area contributed by atoms with E-state index in [1.807, 2.05) is 4.90 Å². The fourth-order valence-electron chi connectivity index (χ4n) is 3.79. The minimum atomic E-state index is 0.0766. The predicted molar refractivity (Wildman–Crippen MR) is 96.4 cm³/mol. The highest BCUT2D eigenvalue weighted by Gasteiger charge is 2.32.